The highest BCUT2D eigenvalue weighted by molar-refractivity contribution is 6.19. The van der Waals surface area contributed by atoms with Crippen LogP contribution in [0.5, 0.6) is 23.0 Å². The molecule has 0 spiro atoms. The maximum Gasteiger partial charge on any atom is 0.231 e. The van der Waals surface area contributed by atoms with Crippen LogP contribution in [0, 0.1) is 0 Å². The van der Waals surface area contributed by atoms with Crippen LogP contribution in [-0.2, 0) is 0 Å². The lowest BCUT2D eigenvalue weighted by Gasteiger charge is -2.14. The van der Waals surface area contributed by atoms with Crippen molar-refractivity contribution < 1.29 is 18.9 Å². The highest BCUT2D eigenvalue weighted by Crippen LogP contribution is 2.49. The number of benzene rings is 5. The van der Waals surface area contributed by atoms with Gasteiger partial charge in [-0.05, 0) is 45.7 Å². The molecule has 0 N–H and O–H groups in total. The molecule has 8 rings (SSSR count). The van der Waals surface area contributed by atoms with Gasteiger partial charge in [0.05, 0.1) is 5.52 Å². The Morgan fingerprint density at radius 1 is 0.500 bits per heavy atom. The first-order valence-electron chi connectivity index (χ1n) is 11.9. The van der Waals surface area contributed by atoms with Gasteiger partial charge in [0, 0.05) is 27.9 Å². The molecule has 5 nitrogen and oxygen atoms in total. The molecule has 2 aliphatic heterocycles. The van der Waals surface area contributed by atoms with Crippen molar-refractivity contribution in [2.24, 2.45) is 0 Å². The molecule has 0 fully saturated rings. The average molecular weight is 469 g/mol. The van der Waals surface area contributed by atoms with Crippen LogP contribution in [0.15, 0.2) is 91.1 Å². The number of fused-ring (bicyclic) bond motifs is 8. The molecule has 3 heterocycles. The average Bonchev–Trinajstić information content (AvgIpc) is 3.61. The first-order valence-corrected chi connectivity index (χ1v) is 11.9. The van der Waals surface area contributed by atoms with Gasteiger partial charge in [-0.15, -0.1) is 0 Å². The van der Waals surface area contributed by atoms with E-state index >= 15 is 0 Å². The zero-order valence-corrected chi connectivity index (χ0v) is 19.2. The molecule has 5 aromatic carbocycles. The first kappa shape index (κ1) is 19.5. The molecule has 0 radical (unpaired) electrons. The van der Waals surface area contributed by atoms with Crippen LogP contribution in [0.3, 0.4) is 0 Å². The Bertz CT molecular complexity index is 1830. The fraction of sp³-hybridized carbons (Fsp3) is 0.0645. The summed E-state index contributed by atoms with van der Waals surface area (Å²) >= 11 is 0. The summed E-state index contributed by atoms with van der Waals surface area (Å²) in [6.45, 7) is 0.443. The molecular formula is C31H19NO4. The maximum atomic E-state index is 5.97. The van der Waals surface area contributed by atoms with Crippen LogP contribution in [-0.4, -0.2) is 18.6 Å². The summed E-state index contributed by atoms with van der Waals surface area (Å²) in [7, 11) is 0. The van der Waals surface area contributed by atoms with Gasteiger partial charge in [-0.1, -0.05) is 66.7 Å². The van der Waals surface area contributed by atoms with Gasteiger partial charge < -0.3 is 18.9 Å². The Labute approximate surface area is 206 Å². The minimum Gasteiger partial charge on any atom is -0.454 e. The Balaban J connectivity index is 1.37. The zero-order chi connectivity index (χ0) is 23.6. The van der Waals surface area contributed by atoms with Crippen LogP contribution < -0.4 is 18.9 Å². The number of nitrogens with zero attached hydrogens (tertiary/aromatic N) is 1. The fourth-order valence-electron chi connectivity index (χ4n) is 5.41. The first-order chi connectivity index (χ1) is 17.8. The van der Waals surface area contributed by atoms with E-state index in [4.69, 9.17) is 23.9 Å². The number of rotatable bonds is 2. The lowest BCUT2D eigenvalue weighted by atomic mass is 9.93. The number of pyridine rings is 1. The van der Waals surface area contributed by atoms with E-state index in [2.05, 4.69) is 66.7 Å². The minimum atomic E-state index is 0.207. The molecule has 0 saturated carbocycles. The van der Waals surface area contributed by atoms with E-state index in [1.807, 2.05) is 24.4 Å². The number of aromatic nitrogens is 1. The van der Waals surface area contributed by atoms with Crippen molar-refractivity contribution in [3.8, 4) is 45.3 Å². The largest absolute Gasteiger partial charge is 0.454 e. The van der Waals surface area contributed by atoms with Crippen LogP contribution in [0.1, 0.15) is 0 Å². The van der Waals surface area contributed by atoms with Gasteiger partial charge in [0.1, 0.15) is 0 Å². The topological polar surface area (TPSA) is 49.8 Å². The molecule has 0 amide bonds. The lowest BCUT2D eigenvalue weighted by Crippen LogP contribution is -1.94. The van der Waals surface area contributed by atoms with Crippen molar-refractivity contribution in [1.29, 1.82) is 0 Å². The summed E-state index contributed by atoms with van der Waals surface area (Å²) in [5, 5.41) is 5.19. The Kier molecular flexibility index (Phi) is 3.99. The van der Waals surface area contributed by atoms with Gasteiger partial charge in [-0.25, -0.2) is 0 Å². The predicted molar refractivity (Wildman–Crippen MR) is 140 cm³/mol. The summed E-state index contributed by atoms with van der Waals surface area (Å²) in [4.78, 5) is 4.90. The van der Waals surface area contributed by atoms with Crippen molar-refractivity contribution in [1.82, 2.24) is 4.98 Å². The molecule has 5 heteroatoms. The van der Waals surface area contributed by atoms with Crippen LogP contribution in [0.2, 0.25) is 0 Å². The minimum absolute atomic E-state index is 0.207. The molecule has 36 heavy (non-hydrogen) atoms. The second-order valence-electron chi connectivity index (χ2n) is 9.00. The third kappa shape index (κ3) is 2.74. The predicted octanol–water partition coefficient (Wildman–Crippen LogP) is 7.33. The van der Waals surface area contributed by atoms with Gasteiger partial charge in [-0.2, -0.15) is 0 Å². The molecule has 1 aromatic heterocycles. The fourth-order valence-corrected chi connectivity index (χ4v) is 5.41. The van der Waals surface area contributed by atoms with E-state index in [9.17, 15) is 0 Å². The van der Waals surface area contributed by atoms with Crippen molar-refractivity contribution in [2.45, 2.75) is 0 Å². The molecule has 172 valence electrons. The highest BCUT2D eigenvalue weighted by atomic mass is 16.7. The molecule has 0 saturated heterocycles. The van der Waals surface area contributed by atoms with Gasteiger partial charge >= 0.3 is 0 Å². The Morgan fingerprint density at radius 3 is 2.06 bits per heavy atom. The smallest absolute Gasteiger partial charge is 0.231 e. The standard InChI is InChI=1S/C31H19NO4/c1-2-4-18(5-3-1)19-6-8-20(9-7-19)28-22-10-11-23-21-12-13-26-30(35-16-33-26)25(21)15-32-29(23)24(22)14-27-31(28)36-17-34-27/h1-15H,16-17H2. The highest BCUT2D eigenvalue weighted by Gasteiger charge is 2.24. The summed E-state index contributed by atoms with van der Waals surface area (Å²) in [6, 6.07) is 29.4. The molecule has 0 aliphatic carbocycles. The van der Waals surface area contributed by atoms with E-state index in [0.717, 1.165) is 66.6 Å². The normalized spacial score (nSPS) is 13.7. The van der Waals surface area contributed by atoms with Crippen molar-refractivity contribution in [3.05, 3.63) is 91.1 Å². The molecule has 0 bridgehead atoms. The maximum absolute atomic E-state index is 5.97. The van der Waals surface area contributed by atoms with Crippen LogP contribution in [0.25, 0.3) is 54.7 Å². The molecule has 2 aliphatic rings. The molecular weight excluding hydrogens is 450 g/mol. The number of hydrogen-bond donors (Lipinski definition) is 0. The second-order valence-corrected chi connectivity index (χ2v) is 9.00. The number of ether oxygens (including phenoxy) is 4. The lowest BCUT2D eigenvalue weighted by molar-refractivity contribution is 0.174. The molecule has 0 atom stereocenters. The van der Waals surface area contributed by atoms with E-state index in [0.29, 0.717) is 0 Å². The van der Waals surface area contributed by atoms with E-state index in [1.54, 1.807) is 0 Å². The van der Waals surface area contributed by atoms with E-state index in [-0.39, 0.29) is 13.6 Å². The van der Waals surface area contributed by atoms with Crippen molar-refractivity contribution >= 4 is 32.4 Å². The summed E-state index contributed by atoms with van der Waals surface area (Å²) in [6.07, 6.45) is 1.88. The summed E-state index contributed by atoms with van der Waals surface area (Å²) in [5.74, 6) is 3.03. The third-order valence-electron chi connectivity index (χ3n) is 7.10. The third-order valence-corrected chi connectivity index (χ3v) is 7.10. The zero-order valence-electron chi connectivity index (χ0n) is 19.2. The monoisotopic (exact) mass is 469 g/mol. The van der Waals surface area contributed by atoms with Gasteiger partial charge in [0.2, 0.25) is 13.6 Å². The SMILES string of the molecule is c1ccc(-c2ccc(-c3c4c(cc5c3ccc3c6ccc7c(c6cnc53)OCO7)OCO4)cc2)cc1. The van der Waals surface area contributed by atoms with Gasteiger partial charge in [-0.3, -0.25) is 4.98 Å². The summed E-state index contributed by atoms with van der Waals surface area (Å²) in [5.41, 5.74) is 5.37. The second kappa shape index (κ2) is 7.36. The Hall–Kier alpha value is -4.77. The van der Waals surface area contributed by atoms with Crippen LogP contribution >= 0.6 is 0 Å². The van der Waals surface area contributed by atoms with Crippen molar-refractivity contribution in [3.63, 3.8) is 0 Å². The Morgan fingerprint density at radius 2 is 1.19 bits per heavy atom. The number of hydrogen-bond acceptors (Lipinski definition) is 5. The molecule has 6 aromatic rings. The van der Waals surface area contributed by atoms with Gasteiger partial charge in [0.15, 0.2) is 23.0 Å². The quantitative estimate of drug-likeness (QED) is 0.249. The summed E-state index contributed by atoms with van der Waals surface area (Å²) < 4.78 is 23.1. The van der Waals surface area contributed by atoms with E-state index < -0.39 is 0 Å². The van der Waals surface area contributed by atoms with Crippen LogP contribution in [0.4, 0.5) is 0 Å². The molecule has 0 unspecified atom stereocenters. The van der Waals surface area contributed by atoms with Gasteiger partial charge in [0.25, 0.3) is 0 Å². The van der Waals surface area contributed by atoms with Crippen molar-refractivity contribution in [2.75, 3.05) is 13.6 Å². The van der Waals surface area contributed by atoms with E-state index in [1.165, 1.54) is 11.1 Å².